The Hall–Kier alpha value is -4.79. The first-order valence-electron chi connectivity index (χ1n) is 19.1. The number of hydrogen-bond acceptors (Lipinski definition) is 9. The number of rotatable bonds is 9. The van der Waals surface area contributed by atoms with E-state index in [1.165, 1.54) is 11.0 Å². The number of allylic oxidation sites excluding steroid dienone is 1. The molecule has 0 aromatic heterocycles. The fraction of sp³-hybridized carbons (Fsp3) is 0.525. The summed E-state index contributed by atoms with van der Waals surface area (Å²) in [7, 11) is -2.38. The fourth-order valence-electron chi connectivity index (χ4n) is 8.06. The van der Waals surface area contributed by atoms with E-state index in [0.717, 1.165) is 18.4 Å². The Balaban J connectivity index is 1.13. The monoisotopic (exact) mass is 778 g/mol. The summed E-state index contributed by atoms with van der Waals surface area (Å²) in [6.07, 6.45) is 7.35. The van der Waals surface area contributed by atoms with Crippen molar-refractivity contribution in [1.29, 1.82) is 0 Å². The second-order valence-corrected chi connectivity index (χ2v) is 17.4. The van der Waals surface area contributed by atoms with E-state index in [-0.39, 0.29) is 32.2 Å². The highest BCUT2D eigenvalue weighted by Gasteiger charge is 2.62. The van der Waals surface area contributed by atoms with Crippen LogP contribution in [-0.4, -0.2) is 85.5 Å². The summed E-state index contributed by atoms with van der Waals surface area (Å²) in [5, 5.41) is 5.05. The Morgan fingerprint density at radius 2 is 1.80 bits per heavy atom. The van der Waals surface area contributed by atoms with Crippen LogP contribution >= 0.6 is 0 Å². The average molecular weight is 779 g/mol. The molecule has 2 aromatic carbocycles. The van der Waals surface area contributed by atoms with Crippen LogP contribution in [-0.2, 0) is 58.0 Å². The molecule has 15 heteroatoms. The van der Waals surface area contributed by atoms with Gasteiger partial charge in [-0.05, 0) is 86.3 Å². The molecular formula is C40H47FN4O9S. The first-order chi connectivity index (χ1) is 26.4. The molecule has 2 saturated carbocycles. The number of methoxy groups -OCH3 is 1. The van der Waals surface area contributed by atoms with Gasteiger partial charge in [0.2, 0.25) is 27.7 Å². The number of hydrogen-bond donors (Lipinski definition) is 3. The van der Waals surface area contributed by atoms with Gasteiger partial charge in [0, 0.05) is 12.3 Å². The Kier molecular flexibility index (Phi) is 11.0. The van der Waals surface area contributed by atoms with Crippen LogP contribution in [0.5, 0.6) is 5.75 Å². The largest absolute Gasteiger partial charge is 0.497 e. The number of nitrogens with one attached hydrogen (secondary N) is 3. The third-order valence-electron chi connectivity index (χ3n) is 11.5. The first-order valence-corrected chi connectivity index (χ1v) is 20.7. The standard InChI is InChI=1S/C40H47FN4O9S/c1-53-28-14-12-24(13-15-28)18-35(46)42-33-11-6-4-2-3-5-9-27-22-40(27,39(50)44-55(51,52)30-16-17-30)43-36(47)34-21-29(23-45(34)37(33)48)54-38(49)26-19-25-8-7-10-32(41)31(25)20-26/h5,7-10,12-15,26-27,29-30,33-34H,2-4,6,11,16-23H2,1H3,(H,42,46)(H,43,47)(H,44,50)/t26?,27?,29-,33+,34?,40-/m1/s1. The quantitative estimate of drug-likeness (QED) is 0.255. The molecule has 1 saturated heterocycles. The molecule has 2 heterocycles. The third kappa shape index (κ3) is 8.56. The van der Waals surface area contributed by atoms with Gasteiger partial charge in [0.1, 0.15) is 35.3 Å². The lowest BCUT2D eigenvalue weighted by molar-refractivity contribution is -0.153. The summed E-state index contributed by atoms with van der Waals surface area (Å²) in [6, 6.07) is 9.49. The van der Waals surface area contributed by atoms with Crippen molar-refractivity contribution in [2.24, 2.45) is 11.8 Å². The molecule has 3 fully saturated rings. The number of sulfonamides is 1. The maximum absolute atomic E-state index is 14.5. The van der Waals surface area contributed by atoms with Crippen LogP contribution in [0.15, 0.2) is 54.6 Å². The second-order valence-electron chi connectivity index (χ2n) is 15.4. The summed E-state index contributed by atoms with van der Waals surface area (Å²) in [4.78, 5) is 70.6. The molecular weight excluding hydrogens is 732 g/mol. The molecule has 55 heavy (non-hydrogen) atoms. The van der Waals surface area contributed by atoms with Crippen molar-refractivity contribution in [3.63, 3.8) is 0 Å². The van der Waals surface area contributed by atoms with E-state index in [1.807, 2.05) is 12.2 Å². The van der Waals surface area contributed by atoms with Crippen molar-refractivity contribution < 1.29 is 46.3 Å². The number of halogens is 1. The van der Waals surface area contributed by atoms with Crippen LogP contribution in [0, 0.1) is 17.7 Å². The lowest BCUT2D eigenvalue weighted by Gasteiger charge is -2.30. The maximum atomic E-state index is 14.5. The van der Waals surface area contributed by atoms with Crippen LogP contribution in [0.1, 0.15) is 74.5 Å². The third-order valence-corrected chi connectivity index (χ3v) is 13.3. The van der Waals surface area contributed by atoms with Crippen LogP contribution in [0.25, 0.3) is 0 Å². The van der Waals surface area contributed by atoms with E-state index < -0.39 is 86.3 Å². The smallest absolute Gasteiger partial charge is 0.309 e. The van der Waals surface area contributed by atoms with Gasteiger partial charge in [0.05, 0.1) is 31.2 Å². The minimum atomic E-state index is -3.92. The zero-order chi connectivity index (χ0) is 38.9. The molecule has 13 nitrogen and oxygen atoms in total. The lowest BCUT2D eigenvalue weighted by Crippen LogP contribution is -2.58. The lowest BCUT2D eigenvalue weighted by atomic mass is 10.0. The molecule has 2 aromatic rings. The minimum absolute atomic E-state index is 0.00409. The highest BCUT2D eigenvalue weighted by Crippen LogP contribution is 2.46. The SMILES string of the molecule is COc1ccc(CC(=O)N[C@H]2CCCCCC=CC3C[C@@]3(C(=O)NS(=O)(=O)C3CC3)NC(=O)C3C[C@@H](OC(=O)C4Cc5cccc(F)c5C4)CN3C2=O)cc1. The van der Waals surface area contributed by atoms with Crippen molar-refractivity contribution in [1.82, 2.24) is 20.3 Å². The van der Waals surface area contributed by atoms with E-state index in [0.29, 0.717) is 55.4 Å². The van der Waals surface area contributed by atoms with Crippen molar-refractivity contribution in [2.75, 3.05) is 13.7 Å². The van der Waals surface area contributed by atoms with Gasteiger partial charge in [-0.15, -0.1) is 0 Å². The van der Waals surface area contributed by atoms with Crippen LogP contribution in [0.4, 0.5) is 4.39 Å². The molecule has 3 N–H and O–H groups in total. The topological polar surface area (TPSA) is 177 Å². The maximum Gasteiger partial charge on any atom is 0.309 e. The minimum Gasteiger partial charge on any atom is -0.497 e. The highest BCUT2D eigenvalue weighted by atomic mass is 32.2. The molecule has 5 aliphatic rings. The Morgan fingerprint density at radius 3 is 2.53 bits per heavy atom. The van der Waals surface area contributed by atoms with Crippen LogP contribution in [0.2, 0.25) is 0 Å². The second kappa shape index (κ2) is 15.8. The zero-order valence-electron chi connectivity index (χ0n) is 30.8. The highest BCUT2D eigenvalue weighted by molar-refractivity contribution is 7.91. The van der Waals surface area contributed by atoms with Crippen molar-refractivity contribution in [3.05, 3.63) is 77.1 Å². The Labute approximate surface area is 319 Å². The van der Waals surface area contributed by atoms with Gasteiger partial charge in [-0.1, -0.05) is 49.3 Å². The first kappa shape index (κ1) is 38.5. The van der Waals surface area contributed by atoms with Gasteiger partial charge in [-0.25, -0.2) is 12.8 Å². The zero-order valence-corrected chi connectivity index (χ0v) is 31.6. The summed E-state index contributed by atoms with van der Waals surface area (Å²) in [5.41, 5.74) is 0.348. The number of carbonyl (C=O) groups is 5. The number of carbonyl (C=O) groups excluding carboxylic acids is 5. The van der Waals surface area contributed by atoms with Gasteiger partial charge in [0.15, 0.2) is 0 Å². The predicted molar refractivity (Wildman–Crippen MR) is 197 cm³/mol. The average Bonchev–Trinajstić information content (AvgIpc) is 4.04. The molecule has 0 spiro atoms. The molecule has 6 atom stereocenters. The number of amides is 4. The van der Waals surface area contributed by atoms with Gasteiger partial charge < -0.3 is 25.0 Å². The van der Waals surface area contributed by atoms with Gasteiger partial charge in [-0.2, -0.15) is 0 Å². The Bertz CT molecular complexity index is 1990. The number of esters is 1. The fourth-order valence-corrected chi connectivity index (χ4v) is 9.42. The van der Waals surface area contributed by atoms with Crippen LogP contribution < -0.4 is 20.1 Å². The number of nitrogens with zero attached hydrogens (tertiary/aromatic N) is 1. The molecule has 0 bridgehead atoms. The summed E-state index contributed by atoms with van der Waals surface area (Å²) >= 11 is 0. The van der Waals surface area contributed by atoms with E-state index in [9.17, 15) is 36.8 Å². The molecule has 2 aliphatic heterocycles. The van der Waals surface area contributed by atoms with E-state index in [4.69, 9.17) is 9.47 Å². The van der Waals surface area contributed by atoms with Crippen molar-refractivity contribution in [2.45, 2.75) is 106 Å². The number of ether oxygens (including phenoxy) is 2. The molecule has 4 amide bonds. The van der Waals surface area contributed by atoms with Gasteiger partial charge in [-0.3, -0.25) is 28.7 Å². The van der Waals surface area contributed by atoms with E-state index in [2.05, 4.69) is 15.4 Å². The molecule has 294 valence electrons. The summed E-state index contributed by atoms with van der Waals surface area (Å²) < 4.78 is 53.4. The van der Waals surface area contributed by atoms with E-state index >= 15 is 0 Å². The van der Waals surface area contributed by atoms with Crippen molar-refractivity contribution in [3.8, 4) is 5.75 Å². The molecule has 7 rings (SSSR count). The molecule has 3 aliphatic carbocycles. The molecule has 3 unspecified atom stereocenters. The van der Waals surface area contributed by atoms with Crippen molar-refractivity contribution >= 4 is 39.6 Å². The normalized spacial score (nSPS) is 28.0. The van der Waals surface area contributed by atoms with Crippen LogP contribution in [0.3, 0.4) is 0 Å². The van der Waals surface area contributed by atoms with Gasteiger partial charge >= 0.3 is 5.97 Å². The number of benzene rings is 2. The predicted octanol–water partition coefficient (Wildman–Crippen LogP) is 2.79. The van der Waals surface area contributed by atoms with Gasteiger partial charge in [0.25, 0.3) is 5.91 Å². The molecule has 0 radical (unpaired) electrons. The Morgan fingerprint density at radius 1 is 1.02 bits per heavy atom. The summed E-state index contributed by atoms with van der Waals surface area (Å²) in [5.74, 6) is -3.90. The number of fused-ring (bicyclic) bond motifs is 3. The van der Waals surface area contributed by atoms with E-state index in [1.54, 1.807) is 43.5 Å². The summed E-state index contributed by atoms with van der Waals surface area (Å²) in [6.45, 7) is -0.153.